The number of piperidine rings is 1. The Hall–Kier alpha value is -0.570. The van der Waals surface area contributed by atoms with Gasteiger partial charge in [-0.05, 0) is 38.1 Å². The molecule has 1 saturated carbocycles. The summed E-state index contributed by atoms with van der Waals surface area (Å²) in [6.45, 7) is 4.45. The normalized spacial score (nSPS) is 35.5. The molecule has 0 aromatic heterocycles. The highest BCUT2D eigenvalue weighted by molar-refractivity contribution is 5.72. The van der Waals surface area contributed by atoms with Gasteiger partial charge in [0.15, 0.2) is 0 Å². The lowest BCUT2D eigenvalue weighted by Crippen LogP contribution is -2.46. The highest BCUT2D eigenvalue weighted by atomic mass is 16.5. The molecule has 1 aliphatic heterocycles. The average molecular weight is 239 g/mol. The van der Waals surface area contributed by atoms with E-state index in [0.29, 0.717) is 6.04 Å². The van der Waals surface area contributed by atoms with Gasteiger partial charge in [0, 0.05) is 12.6 Å². The fourth-order valence-corrected chi connectivity index (χ4v) is 3.43. The lowest BCUT2D eigenvalue weighted by atomic mass is 9.84. The number of rotatable bonds is 2. The minimum atomic E-state index is -0.0152. The van der Waals surface area contributed by atoms with Gasteiger partial charge in [-0.2, -0.15) is 0 Å². The van der Waals surface area contributed by atoms with Crippen LogP contribution in [0.1, 0.15) is 45.4 Å². The van der Waals surface area contributed by atoms with Crippen LogP contribution in [0, 0.1) is 11.8 Å². The first-order chi connectivity index (χ1) is 8.20. The minimum absolute atomic E-state index is 0.0152. The largest absolute Gasteiger partial charge is 0.469 e. The second-order valence-electron chi connectivity index (χ2n) is 5.78. The third kappa shape index (κ3) is 3.21. The third-order valence-corrected chi connectivity index (χ3v) is 4.41. The van der Waals surface area contributed by atoms with Gasteiger partial charge in [-0.25, -0.2) is 0 Å². The van der Waals surface area contributed by atoms with Crippen LogP contribution < -0.4 is 0 Å². The van der Waals surface area contributed by atoms with Crippen LogP contribution in [-0.4, -0.2) is 37.1 Å². The van der Waals surface area contributed by atoms with Crippen molar-refractivity contribution in [3.8, 4) is 0 Å². The first-order valence-electron chi connectivity index (χ1n) is 7.02. The second kappa shape index (κ2) is 5.85. The van der Waals surface area contributed by atoms with Crippen LogP contribution >= 0.6 is 0 Å². The standard InChI is InChI=1S/C14H25NO2/c1-11-5-3-7-13(9-11)15-8-4-6-12(10-15)14(16)17-2/h11-13H,3-10H2,1-2H3. The highest BCUT2D eigenvalue weighted by Crippen LogP contribution is 2.30. The smallest absolute Gasteiger partial charge is 0.309 e. The topological polar surface area (TPSA) is 29.5 Å². The van der Waals surface area contributed by atoms with E-state index in [2.05, 4.69) is 11.8 Å². The van der Waals surface area contributed by atoms with Gasteiger partial charge in [-0.3, -0.25) is 9.69 Å². The predicted octanol–water partition coefficient (Wildman–Crippen LogP) is 2.45. The molecular weight excluding hydrogens is 214 g/mol. The number of hydrogen-bond donors (Lipinski definition) is 0. The van der Waals surface area contributed by atoms with E-state index < -0.39 is 0 Å². The third-order valence-electron chi connectivity index (χ3n) is 4.41. The maximum absolute atomic E-state index is 11.6. The zero-order valence-electron chi connectivity index (χ0n) is 11.2. The van der Waals surface area contributed by atoms with E-state index in [1.165, 1.54) is 39.3 Å². The molecule has 98 valence electrons. The maximum atomic E-state index is 11.6. The van der Waals surface area contributed by atoms with Gasteiger partial charge in [0.1, 0.15) is 0 Å². The van der Waals surface area contributed by atoms with Crippen LogP contribution in [-0.2, 0) is 9.53 Å². The Morgan fingerprint density at radius 2 is 2.06 bits per heavy atom. The van der Waals surface area contributed by atoms with E-state index >= 15 is 0 Å². The summed E-state index contributed by atoms with van der Waals surface area (Å²) in [5.41, 5.74) is 0. The van der Waals surface area contributed by atoms with E-state index in [1.807, 2.05) is 0 Å². The molecule has 0 amide bonds. The Morgan fingerprint density at radius 3 is 2.76 bits per heavy atom. The lowest BCUT2D eigenvalue weighted by molar-refractivity contribution is -0.147. The molecule has 2 rings (SSSR count). The number of methoxy groups -OCH3 is 1. The number of ether oxygens (including phenoxy) is 1. The molecule has 0 radical (unpaired) electrons. The molecule has 1 aliphatic carbocycles. The summed E-state index contributed by atoms with van der Waals surface area (Å²) in [7, 11) is 1.50. The molecule has 1 heterocycles. The molecule has 1 saturated heterocycles. The molecule has 17 heavy (non-hydrogen) atoms. The average Bonchev–Trinajstić information content (AvgIpc) is 2.38. The van der Waals surface area contributed by atoms with Crippen LogP contribution in [0.3, 0.4) is 0 Å². The molecule has 3 atom stereocenters. The van der Waals surface area contributed by atoms with Crippen LogP contribution in [0.4, 0.5) is 0 Å². The number of carbonyl (C=O) groups is 1. The van der Waals surface area contributed by atoms with Crippen molar-refractivity contribution in [2.24, 2.45) is 11.8 Å². The first kappa shape index (κ1) is 12.9. The number of esters is 1. The molecule has 0 spiro atoms. The molecule has 2 fully saturated rings. The molecular formula is C14H25NO2. The molecule has 3 nitrogen and oxygen atoms in total. The Balaban J connectivity index is 1.90. The minimum Gasteiger partial charge on any atom is -0.469 e. The van der Waals surface area contributed by atoms with E-state index in [4.69, 9.17) is 4.74 Å². The van der Waals surface area contributed by atoms with Gasteiger partial charge >= 0.3 is 5.97 Å². The van der Waals surface area contributed by atoms with Crippen molar-refractivity contribution in [2.45, 2.75) is 51.5 Å². The Morgan fingerprint density at radius 1 is 1.24 bits per heavy atom. The van der Waals surface area contributed by atoms with E-state index in [-0.39, 0.29) is 11.9 Å². The molecule has 0 N–H and O–H groups in total. The molecule has 3 heteroatoms. The fourth-order valence-electron chi connectivity index (χ4n) is 3.43. The zero-order chi connectivity index (χ0) is 12.3. The van der Waals surface area contributed by atoms with E-state index in [9.17, 15) is 4.79 Å². The molecule has 2 aliphatic rings. The van der Waals surface area contributed by atoms with Gasteiger partial charge in [-0.1, -0.05) is 19.8 Å². The summed E-state index contributed by atoms with van der Waals surface area (Å²) in [4.78, 5) is 14.2. The van der Waals surface area contributed by atoms with Crippen molar-refractivity contribution in [3.05, 3.63) is 0 Å². The number of hydrogen-bond acceptors (Lipinski definition) is 3. The van der Waals surface area contributed by atoms with Gasteiger partial charge in [0.05, 0.1) is 13.0 Å². The zero-order valence-corrected chi connectivity index (χ0v) is 11.2. The van der Waals surface area contributed by atoms with Crippen LogP contribution in [0.5, 0.6) is 0 Å². The fraction of sp³-hybridized carbons (Fsp3) is 0.929. The first-order valence-corrected chi connectivity index (χ1v) is 7.02. The van der Waals surface area contributed by atoms with Crippen molar-refractivity contribution in [2.75, 3.05) is 20.2 Å². The Kier molecular flexibility index (Phi) is 4.43. The molecule has 0 aromatic rings. The van der Waals surface area contributed by atoms with Crippen molar-refractivity contribution in [1.29, 1.82) is 0 Å². The van der Waals surface area contributed by atoms with Crippen LogP contribution in [0.15, 0.2) is 0 Å². The van der Waals surface area contributed by atoms with Crippen LogP contribution in [0.25, 0.3) is 0 Å². The van der Waals surface area contributed by atoms with Crippen molar-refractivity contribution in [1.82, 2.24) is 4.90 Å². The number of nitrogens with zero attached hydrogens (tertiary/aromatic N) is 1. The van der Waals surface area contributed by atoms with Crippen molar-refractivity contribution >= 4 is 5.97 Å². The van der Waals surface area contributed by atoms with Gasteiger partial charge in [0.2, 0.25) is 0 Å². The second-order valence-corrected chi connectivity index (χ2v) is 5.78. The Labute approximate surface area is 105 Å². The van der Waals surface area contributed by atoms with Crippen molar-refractivity contribution < 1.29 is 9.53 Å². The molecule has 0 bridgehead atoms. The summed E-state index contributed by atoms with van der Waals surface area (Å²) in [6, 6.07) is 0.714. The van der Waals surface area contributed by atoms with Crippen LogP contribution in [0.2, 0.25) is 0 Å². The Bertz CT molecular complexity index is 267. The van der Waals surface area contributed by atoms with Gasteiger partial charge in [0.25, 0.3) is 0 Å². The summed E-state index contributed by atoms with van der Waals surface area (Å²) in [5.74, 6) is 0.955. The SMILES string of the molecule is COC(=O)C1CCCN(C2CCCC(C)C2)C1. The molecule has 0 aromatic carbocycles. The maximum Gasteiger partial charge on any atom is 0.309 e. The highest BCUT2D eigenvalue weighted by Gasteiger charge is 2.31. The van der Waals surface area contributed by atoms with Gasteiger partial charge < -0.3 is 4.74 Å². The lowest BCUT2D eigenvalue weighted by Gasteiger charge is -2.40. The number of likely N-dealkylation sites (tertiary alicyclic amines) is 1. The van der Waals surface area contributed by atoms with Gasteiger partial charge in [-0.15, -0.1) is 0 Å². The summed E-state index contributed by atoms with van der Waals surface area (Å²) >= 11 is 0. The van der Waals surface area contributed by atoms with E-state index in [1.54, 1.807) is 0 Å². The quantitative estimate of drug-likeness (QED) is 0.693. The predicted molar refractivity (Wildman–Crippen MR) is 67.7 cm³/mol. The summed E-state index contributed by atoms with van der Waals surface area (Å²) in [6.07, 6.45) is 7.51. The monoisotopic (exact) mass is 239 g/mol. The summed E-state index contributed by atoms with van der Waals surface area (Å²) < 4.78 is 4.88. The number of carbonyl (C=O) groups excluding carboxylic acids is 1. The van der Waals surface area contributed by atoms with Crippen molar-refractivity contribution in [3.63, 3.8) is 0 Å². The molecule has 3 unspecified atom stereocenters. The summed E-state index contributed by atoms with van der Waals surface area (Å²) in [5, 5.41) is 0. The van der Waals surface area contributed by atoms with E-state index in [0.717, 1.165) is 25.3 Å².